The van der Waals surface area contributed by atoms with Gasteiger partial charge in [-0.15, -0.1) is 0 Å². The highest BCUT2D eigenvalue weighted by atomic mass is 15.3. The van der Waals surface area contributed by atoms with Crippen molar-refractivity contribution in [2.75, 3.05) is 11.4 Å². The monoisotopic (exact) mass is 549 g/mol. The Labute approximate surface area is 246 Å². The maximum Gasteiger partial charge on any atom is 0.130 e. The van der Waals surface area contributed by atoms with E-state index in [4.69, 9.17) is 4.98 Å². The number of aromatic amines is 2. The largest absolute Gasteiger partial charge is 0.365 e. The third kappa shape index (κ3) is 3.28. The summed E-state index contributed by atoms with van der Waals surface area (Å²) in [4.78, 5) is 17.5. The lowest BCUT2D eigenvalue weighted by Crippen LogP contribution is -2.32. The van der Waals surface area contributed by atoms with Crippen molar-refractivity contribution in [3.63, 3.8) is 0 Å². The molecule has 4 atom stereocenters. The van der Waals surface area contributed by atoms with Gasteiger partial charge >= 0.3 is 0 Å². The highest BCUT2D eigenvalue weighted by Crippen LogP contribution is 2.64. The lowest BCUT2D eigenvalue weighted by atomic mass is 9.98. The number of hydrogen-bond acceptors (Lipinski definition) is 3. The first-order chi connectivity index (χ1) is 20.6. The molecule has 42 heavy (non-hydrogen) atoms. The maximum atomic E-state index is 5.01. The zero-order valence-electron chi connectivity index (χ0n) is 23.8. The molecule has 5 aromatic rings. The van der Waals surface area contributed by atoms with Gasteiger partial charge in [-0.3, -0.25) is 0 Å². The van der Waals surface area contributed by atoms with Gasteiger partial charge in [0.15, 0.2) is 0 Å². The summed E-state index contributed by atoms with van der Waals surface area (Å²) < 4.78 is 0. The van der Waals surface area contributed by atoms with Crippen molar-refractivity contribution in [1.82, 2.24) is 19.9 Å². The van der Waals surface area contributed by atoms with Crippen LogP contribution in [0, 0.1) is 11.3 Å². The summed E-state index contributed by atoms with van der Waals surface area (Å²) in [6.45, 7) is 5.36. The van der Waals surface area contributed by atoms with Gasteiger partial charge in [-0.05, 0) is 102 Å². The predicted molar refractivity (Wildman–Crippen MR) is 169 cm³/mol. The van der Waals surface area contributed by atoms with Crippen LogP contribution in [0.2, 0.25) is 0 Å². The zero-order chi connectivity index (χ0) is 27.6. The molecular formula is C37H35N5. The van der Waals surface area contributed by atoms with Gasteiger partial charge in [0.25, 0.3) is 0 Å². The van der Waals surface area contributed by atoms with Gasteiger partial charge in [-0.25, -0.2) is 4.98 Å². The van der Waals surface area contributed by atoms with Crippen LogP contribution in [0.15, 0.2) is 85.6 Å². The van der Waals surface area contributed by atoms with Gasteiger partial charge < -0.3 is 19.8 Å². The van der Waals surface area contributed by atoms with E-state index >= 15 is 0 Å². The first-order valence-electron chi connectivity index (χ1n) is 15.8. The summed E-state index contributed by atoms with van der Waals surface area (Å²) in [5.74, 6) is 1.77. The number of anilines is 1. The number of nitrogens with zero attached hydrogens (tertiary/aromatic N) is 3. The van der Waals surface area contributed by atoms with E-state index in [1.807, 2.05) is 6.20 Å². The summed E-state index contributed by atoms with van der Waals surface area (Å²) in [6.07, 6.45) is 10.1. The van der Waals surface area contributed by atoms with Crippen molar-refractivity contribution >= 4 is 16.7 Å². The van der Waals surface area contributed by atoms with E-state index in [0.717, 1.165) is 16.9 Å². The first kappa shape index (κ1) is 23.3. The Morgan fingerprint density at radius 1 is 0.833 bits per heavy atom. The molecule has 5 nitrogen and oxygen atoms in total. The SMILES string of the molecule is C=CN1C2CCC(C2)C1c1nc2ccc(-c3ccc(-c4ccc(-c5cc6c([nH]5)C5CC7(CC7)CN65)cc4)cc3)cc2[nH]1. The Kier molecular flexibility index (Phi) is 4.55. The van der Waals surface area contributed by atoms with Crippen molar-refractivity contribution in [2.24, 2.45) is 11.3 Å². The van der Waals surface area contributed by atoms with Crippen molar-refractivity contribution in [3.05, 3.63) is 97.1 Å². The maximum absolute atomic E-state index is 5.01. The van der Waals surface area contributed by atoms with Gasteiger partial charge in [0.1, 0.15) is 5.82 Å². The molecule has 2 aromatic heterocycles. The van der Waals surface area contributed by atoms with Crippen LogP contribution in [0.5, 0.6) is 0 Å². The number of hydrogen-bond donors (Lipinski definition) is 2. The molecule has 2 saturated carbocycles. The minimum Gasteiger partial charge on any atom is -0.365 e. The molecule has 5 heteroatoms. The minimum absolute atomic E-state index is 0.337. The smallest absolute Gasteiger partial charge is 0.130 e. The van der Waals surface area contributed by atoms with Gasteiger partial charge in [0.2, 0.25) is 0 Å². The number of piperidine rings is 1. The Morgan fingerprint density at radius 3 is 2.29 bits per heavy atom. The van der Waals surface area contributed by atoms with Crippen LogP contribution in [0.25, 0.3) is 44.5 Å². The third-order valence-electron chi connectivity index (χ3n) is 11.3. The van der Waals surface area contributed by atoms with Crippen LogP contribution < -0.4 is 4.90 Å². The van der Waals surface area contributed by atoms with Crippen LogP contribution in [0.4, 0.5) is 5.69 Å². The number of imidazole rings is 1. The molecule has 3 aliphatic heterocycles. The van der Waals surface area contributed by atoms with Crippen molar-refractivity contribution in [1.29, 1.82) is 0 Å². The fraction of sp³-hybridized carbons (Fsp3) is 0.324. The van der Waals surface area contributed by atoms with Crippen molar-refractivity contribution in [3.8, 4) is 33.5 Å². The summed E-state index contributed by atoms with van der Waals surface area (Å²) in [7, 11) is 0. The molecule has 0 radical (unpaired) electrons. The molecule has 2 aliphatic carbocycles. The van der Waals surface area contributed by atoms with Crippen LogP contribution in [0.3, 0.4) is 0 Å². The van der Waals surface area contributed by atoms with Gasteiger partial charge in [-0.1, -0.05) is 61.2 Å². The van der Waals surface area contributed by atoms with Crippen molar-refractivity contribution < 1.29 is 0 Å². The lowest BCUT2D eigenvalue weighted by molar-refractivity contribution is 0.199. The molecule has 4 unspecified atom stereocenters. The molecule has 2 bridgehead atoms. The molecule has 4 fully saturated rings. The molecule has 2 saturated heterocycles. The molecule has 208 valence electrons. The number of fused-ring (bicyclic) bond motifs is 7. The number of nitrogens with one attached hydrogen (secondary N) is 2. The average molecular weight is 550 g/mol. The molecule has 10 rings (SSSR count). The van der Waals surface area contributed by atoms with E-state index in [1.54, 1.807) is 0 Å². The normalized spacial score (nSPS) is 26.1. The van der Waals surface area contributed by atoms with Gasteiger partial charge in [-0.2, -0.15) is 0 Å². The summed E-state index contributed by atoms with van der Waals surface area (Å²) in [5, 5.41) is 0. The summed E-state index contributed by atoms with van der Waals surface area (Å²) >= 11 is 0. The Balaban J connectivity index is 0.876. The molecular weight excluding hydrogens is 514 g/mol. The molecule has 5 aliphatic rings. The lowest BCUT2D eigenvalue weighted by Gasteiger charge is -2.36. The molecule has 1 spiro atoms. The first-order valence-corrected chi connectivity index (χ1v) is 15.8. The van der Waals surface area contributed by atoms with Crippen LogP contribution >= 0.6 is 0 Å². The van der Waals surface area contributed by atoms with E-state index < -0.39 is 0 Å². The molecule has 0 amide bonds. The quantitative estimate of drug-likeness (QED) is 0.231. The highest BCUT2D eigenvalue weighted by molar-refractivity contribution is 5.83. The summed E-state index contributed by atoms with van der Waals surface area (Å²) in [5.41, 5.74) is 13.1. The van der Waals surface area contributed by atoms with E-state index in [9.17, 15) is 0 Å². The van der Waals surface area contributed by atoms with Crippen LogP contribution in [-0.4, -0.2) is 32.4 Å². The molecule has 5 heterocycles. The van der Waals surface area contributed by atoms with Crippen LogP contribution in [-0.2, 0) is 0 Å². The van der Waals surface area contributed by atoms with Gasteiger partial charge in [0.05, 0.1) is 34.5 Å². The van der Waals surface area contributed by atoms with E-state index in [0.29, 0.717) is 29.5 Å². The van der Waals surface area contributed by atoms with E-state index in [1.165, 1.54) is 90.0 Å². The van der Waals surface area contributed by atoms with Crippen molar-refractivity contribution in [2.45, 2.75) is 56.7 Å². The Morgan fingerprint density at radius 2 is 1.55 bits per heavy atom. The summed E-state index contributed by atoms with van der Waals surface area (Å²) in [6, 6.07) is 28.6. The third-order valence-corrected chi connectivity index (χ3v) is 11.3. The van der Waals surface area contributed by atoms with Gasteiger partial charge in [0, 0.05) is 18.3 Å². The highest BCUT2D eigenvalue weighted by Gasteiger charge is 2.57. The number of H-pyrrole nitrogens is 2. The fourth-order valence-corrected chi connectivity index (χ4v) is 8.84. The number of benzene rings is 3. The Hall–Kier alpha value is -4.25. The minimum atomic E-state index is 0.337. The molecule has 3 aromatic carbocycles. The predicted octanol–water partition coefficient (Wildman–Crippen LogP) is 8.61. The second kappa shape index (κ2) is 8.19. The number of rotatable bonds is 5. The second-order valence-electron chi connectivity index (χ2n) is 13.6. The van der Waals surface area contributed by atoms with E-state index in [-0.39, 0.29) is 0 Å². The zero-order valence-corrected chi connectivity index (χ0v) is 23.8. The average Bonchev–Trinajstić information content (AvgIpc) is 3.53. The topological polar surface area (TPSA) is 51.0 Å². The second-order valence-corrected chi connectivity index (χ2v) is 13.6. The fourth-order valence-electron chi connectivity index (χ4n) is 8.84. The number of likely N-dealkylation sites (tertiary alicyclic amines) is 1. The van der Waals surface area contributed by atoms with E-state index in [2.05, 4.69) is 99.1 Å². The standard InChI is InChI=1S/C37H35N5/c1-2-41-28-13-11-27(17-28)35(41)36-39-29-14-12-26(18-31(29)40-36)24-5-3-22(4-6-24)23-7-9-25(10-8-23)30-19-32-34(38-30)33-20-37(15-16-37)21-42(32)33/h2-10,12,14,18-19,27-28,33,35,38H,1,11,13,15-17,20-21H2,(H,39,40). The molecule has 2 N–H and O–H groups in total. The Bertz CT molecular complexity index is 1840. The van der Waals surface area contributed by atoms with Crippen LogP contribution in [0.1, 0.15) is 62.1 Å². The number of aromatic nitrogens is 3.